The highest BCUT2D eigenvalue weighted by atomic mass is 16.4. The second-order valence-corrected chi connectivity index (χ2v) is 2.56. The molecule has 13 heavy (non-hydrogen) atoms. The SMILES string of the molecule is O=C(O)Nc1ccccc1CCO. The van der Waals surface area contributed by atoms with Gasteiger partial charge in [0, 0.05) is 12.3 Å². The molecule has 4 heteroatoms. The molecule has 0 bridgehead atoms. The van der Waals surface area contributed by atoms with Crippen LogP contribution in [0.2, 0.25) is 0 Å². The van der Waals surface area contributed by atoms with Gasteiger partial charge in [-0.2, -0.15) is 0 Å². The number of aliphatic hydroxyl groups is 1. The minimum absolute atomic E-state index is 0.0122. The van der Waals surface area contributed by atoms with Crippen LogP contribution in [0.15, 0.2) is 24.3 Å². The van der Waals surface area contributed by atoms with E-state index in [9.17, 15) is 4.79 Å². The Bertz CT molecular complexity index is 299. The first kappa shape index (κ1) is 9.54. The highest BCUT2D eigenvalue weighted by Gasteiger charge is 2.02. The fourth-order valence-corrected chi connectivity index (χ4v) is 1.10. The van der Waals surface area contributed by atoms with Crippen LogP contribution < -0.4 is 5.32 Å². The van der Waals surface area contributed by atoms with Crippen molar-refractivity contribution >= 4 is 11.8 Å². The van der Waals surface area contributed by atoms with E-state index in [-0.39, 0.29) is 6.61 Å². The molecule has 0 radical (unpaired) electrons. The van der Waals surface area contributed by atoms with Crippen molar-refractivity contribution in [3.05, 3.63) is 29.8 Å². The number of carbonyl (C=O) groups is 1. The zero-order valence-electron chi connectivity index (χ0n) is 7.03. The van der Waals surface area contributed by atoms with E-state index in [2.05, 4.69) is 5.32 Å². The lowest BCUT2D eigenvalue weighted by atomic mass is 10.1. The second-order valence-electron chi connectivity index (χ2n) is 2.56. The summed E-state index contributed by atoms with van der Waals surface area (Å²) in [5.74, 6) is 0. The number of hydrogen-bond acceptors (Lipinski definition) is 2. The molecule has 0 fully saturated rings. The Hall–Kier alpha value is -1.55. The molecule has 0 aliphatic carbocycles. The molecule has 0 aliphatic heterocycles. The molecule has 1 aromatic carbocycles. The summed E-state index contributed by atoms with van der Waals surface area (Å²) in [6.07, 6.45) is -0.637. The molecule has 1 rings (SSSR count). The van der Waals surface area contributed by atoms with Crippen molar-refractivity contribution in [2.45, 2.75) is 6.42 Å². The Balaban J connectivity index is 2.84. The molecule has 0 saturated heterocycles. The number of anilines is 1. The molecule has 0 heterocycles. The number of para-hydroxylation sites is 1. The van der Waals surface area contributed by atoms with Crippen molar-refractivity contribution in [1.29, 1.82) is 0 Å². The van der Waals surface area contributed by atoms with Crippen LogP contribution in [0, 0.1) is 0 Å². The zero-order valence-corrected chi connectivity index (χ0v) is 7.03. The molecule has 0 spiro atoms. The van der Waals surface area contributed by atoms with Crippen LogP contribution in [0.5, 0.6) is 0 Å². The Labute approximate surface area is 75.8 Å². The van der Waals surface area contributed by atoms with Gasteiger partial charge in [0.05, 0.1) is 0 Å². The van der Waals surface area contributed by atoms with Gasteiger partial charge >= 0.3 is 6.09 Å². The number of amides is 1. The number of carboxylic acid groups (broad SMARTS) is 1. The summed E-state index contributed by atoms with van der Waals surface area (Å²) in [5.41, 5.74) is 1.33. The van der Waals surface area contributed by atoms with E-state index in [0.717, 1.165) is 5.56 Å². The summed E-state index contributed by atoms with van der Waals surface area (Å²) >= 11 is 0. The maximum atomic E-state index is 10.4. The van der Waals surface area contributed by atoms with Crippen molar-refractivity contribution in [3.63, 3.8) is 0 Å². The third-order valence-corrected chi connectivity index (χ3v) is 1.64. The summed E-state index contributed by atoms with van der Waals surface area (Å²) < 4.78 is 0. The standard InChI is InChI=1S/C9H11NO3/c11-6-5-7-3-1-2-4-8(7)10-9(12)13/h1-4,10-11H,5-6H2,(H,12,13). The van der Waals surface area contributed by atoms with E-state index in [4.69, 9.17) is 10.2 Å². The van der Waals surface area contributed by atoms with Gasteiger partial charge in [0.25, 0.3) is 0 Å². The van der Waals surface area contributed by atoms with Crippen LogP contribution in [0.1, 0.15) is 5.56 Å². The minimum atomic E-state index is -1.09. The highest BCUT2D eigenvalue weighted by Crippen LogP contribution is 2.14. The van der Waals surface area contributed by atoms with Gasteiger partial charge in [0.2, 0.25) is 0 Å². The van der Waals surface area contributed by atoms with Crippen LogP contribution in [-0.4, -0.2) is 22.9 Å². The molecule has 1 aromatic rings. The highest BCUT2D eigenvalue weighted by molar-refractivity contribution is 5.83. The molecule has 1 amide bonds. The topological polar surface area (TPSA) is 69.6 Å². The Morgan fingerprint density at radius 2 is 2.08 bits per heavy atom. The number of rotatable bonds is 3. The average molecular weight is 181 g/mol. The van der Waals surface area contributed by atoms with Gasteiger partial charge in [0.1, 0.15) is 0 Å². The van der Waals surface area contributed by atoms with Crippen molar-refractivity contribution < 1.29 is 15.0 Å². The van der Waals surface area contributed by atoms with Crippen LogP contribution in [-0.2, 0) is 6.42 Å². The largest absolute Gasteiger partial charge is 0.465 e. The Morgan fingerprint density at radius 3 is 2.69 bits per heavy atom. The van der Waals surface area contributed by atoms with E-state index in [1.54, 1.807) is 24.3 Å². The van der Waals surface area contributed by atoms with Crippen LogP contribution in [0.3, 0.4) is 0 Å². The molecular formula is C9H11NO3. The van der Waals surface area contributed by atoms with Crippen LogP contribution in [0.4, 0.5) is 10.5 Å². The lowest BCUT2D eigenvalue weighted by Crippen LogP contribution is -2.09. The number of nitrogens with one attached hydrogen (secondary N) is 1. The van der Waals surface area contributed by atoms with Gasteiger partial charge in [-0.15, -0.1) is 0 Å². The normalized spacial score (nSPS) is 9.62. The monoisotopic (exact) mass is 181 g/mol. The maximum absolute atomic E-state index is 10.4. The first-order valence-corrected chi connectivity index (χ1v) is 3.92. The van der Waals surface area contributed by atoms with Crippen LogP contribution in [0.25, 0.3) is 0 Å². The van der Waals surface area contributed by atoms with Gasteiger partial charge in [-0.05, 0) is 18.1 Å². The molecule has 0 aromatic heterocycles. The summed E-state index contributed by atoms with van der Waals surface area (Å²) in [6, 6.07) is 6.99. The van der Waals surface area contributed by atoms with Gasteiger partial charge in [-0.3, -0.25) is 5.32 Å². The van der Waals surface area contributed by atoms with E-state index in [0.29, 0.717) is 12.1 Å². The number of benzene rings is 1. The summed E-state index contributed by atoms with van der Waals surface area (Å²) in [4.78, 5) is 10.4. The molecule has 0 saturated carbocycles. The molecule has 0 atom stereocenters. The van der Waals surface area contributed by atoms with E-state index >= 15 is 0 Å². The van der Waals surface area contributed by atoms with Gasteiger partial charge < -0.3 is 10.2 Å². The van der Waals surface area contributed by atoms with Crippen molar-refractivity contribution in [2.75, 3.05) is 11.9 Å². The number of aliphatic hydroxyl groups excluding tert-OH is 1. The summed E-state index contributed by atoms with van der Waals surface area (Å²) in [6.45, 7) is 0.0122. The quantitative estimate of drug-likeness (QED) is 0.658. The number of hydrogen-bond donors (Lipinski definition) is 3. The molecule has 3 N–H and O–H groups in total. The minimum Gasteiger partial charge on any atom is -0.465 e. The van der Waals surface area contributed by atoms with Crippen LogP contribution >= 0.6 is 0 Å². The third-order valence-electron chi connectivity index (χ3n) is 1.64. The Kier molecular flexibility index (Phi) is 3.28. The molecule has 0 aliphatic rings. The predicted molar refractivity (Wildman–Crippen MR) is 48.9 cm³/mol. The lowest BCUT2D eigenvalue weighted by molar-refractivity contribution is 0.209. The maximum Gasteiger partial charge on any atom is 0.409 e. The second kappa shape index (κ2) is 4.47. The zero-order chi connectivity index (χ0) is 9.68. The van der Waals surface area contributed by atoms with E-state index < -0.39 is 6.09 Å². The average Bonchev–Trinajstić information content (AvgIpc) is 2.08. The molecular weight excluding hydrogens is 170 g/mol. The van der Waals surface area contributed by atoms with Gasteiger partial charge in [0.15, 0.2) is 0 Å². The smallest absolute Gasteiger partial charge is 0.409 e. The lowest BCUT2D eigenvalue weighted by Gasteiger charge is -2.06. The molecule has 0 unspecified atom stereocenters. The Morgan fingerprint density at radius 1 is 1.38 bits per heavy atom. The van der Waals surface area contributed by atoms with E-state index in [1.807, 2.05) is 0 Å². The molecule has 4 nitrogen and oxygen atoms in total. The van der Waals surface area contributed by atoms with Crippen molar-refractivity contribution in [2.24, 2.45) is 0 Å². The fraction of sp³-hybridized carbons (Fsp3) is 0.222. The van der Waals surface area contributed by atoms with Gasteiger partial charge in [-0.1, -0.05) is 18.2 Å². The first-order valence-electron chi connectivity index (χ1n) is 3.92. The predicted octanol–water partition coefficient (Wildman–Crippen LogP) is 1.31. The van der Waals surface area contributed by atoms with Gasteiger partial charge in [-0.25, -0.2) is 4.79 Å². The van der Waals surface area contributed by atoms with Crippen molar-refractivity contribution in [1.82, 2.24) is 0 Å². The first-order chi connectivity index (χ1) is 6.24. The van der Waals surface area contributed by atoms with E-state index in [1.165, 1.54) is 0 Å². The summed E-state index contributed by atoms with van der Waals surface area (Å²) in [5, 5.41) is 19.5. The third kappa shape index (κ3) is 2.76. The fourth-order valence-electron chi connectivity index (χ4n) is 1.10. The summed E-state index contributed by atoms with van der Waals surface area (Å²) in [7, 11) is 0. The van der Waals surface area contributed by atoms with Crippen molar-refractivity contribution in [3.8, 4) is 0 Å². The molecule has 70 valence electrons.